The van der Waals surface area contributed by atoms with Gasteiger partial charge in [-0.15, -0.1) is 16.4 Å². The Kier molecular flexibility index (Phi) is 12.0. The minimum Gasteiger partial charge on any atom is -0.503 e. The lowest BCUT2D eigenvalue weighted by atomic mass is 10.1. The lowest BCUT2D eigenvalue weighted by molar-refractivity contribution is -0.179. The lowest BCUT2D eigenvalue weighted by Crippen LogP contribution is -2.68. The molecule has 1 aliphatic rings. The zero-order valence-electron chi connectivity index (χ0n) is 31.5. The zero-order chi connectivity index (χ0) is 42.8. The van der Waals surface area contributed by atoms with Gasteiger partial charge in [0.15, 0.2) is 22.4 Å². The number of likely N-dealkylation sites (tertiary alicyclic amines) is 1. The number of oxime groups is 1. The van der Waals surface area contributed by atoms with E-state index in [1.54, 1.807) is 47.6 Å². The highest BCUT2D eigenvalue weighted by molar-refractivity contribution is 7.88. The fraction of sp³-hybridized carbons (Fsp3) is 0.452. The molecule has 1 fully saturated rings. The average molecular weight is 836 g/mol. The number of H-pyrrole nitrogens is 1. The van der Waals surface area contributed by atoms with Crippen LogP contribution in [0.4, 0.5) is 14.7 Å². The molecule has 0 spiro atoms. The summed E-state index contributed by atoms with van der Waals surface area (Å²) in [5.74, 6) is -4.29. The van der Waals surface area contributed by atoms with Gasteiger partial charge in [-0.3, -0.25) is 29.2 Å². The number of thiazole rings is 1. The molecule has 57 heavy (non-hydrogen) atoms. The predicted molar refractivity (Wildman–Crippen MR) is 196 cm³/mol. The van der Waals surface area contributed by atoms with E-state index in [2.05, 4.69) is 30.9 Å². The summed E-state index contributed by atoms with van der Waals surface area (Å²) >= 11 is 0.861. The number of carbonyl (C=O) groups is 5. The molecule has 3 aromatic rings. The number of aromatic hydroxyl groups is 1. The third kappa shape index (κ3) is 10.4. The molecule has 4 heterocycles. The number of aromatic nitrogens is 5. The zero-order valence-corrected chi connectivity index (χ0v) is 33.1. The van der Waals surface area contributed by atoms with Crippen LogP contribution in [-0.2, 0) is 45.4 Å². The summed E-state index contributed by atoms with van der Waals surface area (Å²) in [5.41, 5.74) is -6.91. The van der Waals surface area contributed by atoms with Crippen LogP contribution < -0.4 is 26.5 Å². The van der Waals surface area contributed by atoms with E-state index in [9.17, 15) is 52.3 Å². The van der Waals surface area contributed by atoms with E-state index in [1.807, 2.05) is 0 Å². The van der Waals surface area contributed by atoms with Crippen molar-refractivity contribution in [3.05, 3.63) is 44.0 Å². The number of nitrogens with zero attached hydrogens (tertiary/aromatic N) is 7. The largest absolute Gasteiger partial charge is 0.503 e. The molecule has 0 aromatic carbocycles. The molecule has 0 aliphatic carbocycles. The predicted octanol–water partition coefficient (Wildman–Crippen LogP) is 0.103. The van der Waals surface area contributed by atoms with Gasteiger partial charge < -0.3 is 29.7 Å². The van der Waals surface area contributed by atoms with Crippen molar-refractivity contribution < 1.29 is 51.8 Å². The molecule has 1 saturated heterocycles. The number of rotatable bonds is 11. The second kappa shape index (κ2) is 15.9. The quantitative estimate of drug-likeness (QED) is 0.0740. The number of nitriles is 1. The van der Waals surface area contributed by atoms with Crippen molar-refractivity contribution in [1.29, 1.82) is 5.26 Å². The highest BCUT2D eigenvalue weighted by Crippen LogP contribution is 2.22. The van der Waals surface area contributed by atoms with Gasteiger partial charge in [0, 0.05) is 17.6 Å². The Labute approximate surface area is 326 Å². The summed E-state index contributed by atoms with van der Waals surface area (Å²) in [7, 11) is -5.21. The van der Waals surface area contributed by atoms with Crippen LogP contribution in [0.25, 0.3) is 11.5 Å². The highest BCUT2D eigenvalue weighted by Gasteiger charge is 2.44. The maximum Gasteiger partial charge on any atom is 0.413 e. The summed E-state index contributed by atoms with van der Waals surface area (Å²) in [6.07, 6.45) is -0.0209. The number of hydrogen-bond donors (Lipinski definition) is 5. The molecular weight excluding hydrogens is 799 g/mol. The maximum absolute atomic E-state index is 13.5. The summed E-state index contributed by atoms with van der Waals surface area (Å²) in [6.45, 7) is 11.1. The van der Waals surface area contributed by atoms with Gasteiger partial charge in [0.2, 0.25) is 11.0 Å². The number of aromatic amines is 1. The monoisotopic (exact) mass is 835 g/mol. The number of amides is 5. The van der Waals surface area contributed by atoms with E-state index in [-0.39, 0.29) is 20.6 Å². The summed E-state index contributed by atoms with van der Waals surface area (Å²) in [4.78, 5) is 102. The Morgan fingerprint density at radius 1 is 1.09 bits per heavy atom. The number of imide groups is 1. The van der Waals surface area contributed by atoms with Crippen LogP contribution in [0.3, 0.4) is 0 Å². The first-order valence-electron chi connectivity index (χ1n) is 16.4. The summed E-state index contributed by atoms with van der Waals surface area (Å²) < 4.78 is 38.6. The van der Waals surface area contributed by atoms with E-state index in [4.69, 9.17) is 14.3 Å². The second-order valence-electron chi connectivity index (χ2n) is 14.4. The van der Waals surface area contributed by atoms with Gasteiger partial charge in [0.25, 0.3) is 11.8 Å². The molecule has 0 bridgehead atoms. The standard InChI is InChI=1S/C31H37N11O13S2/c1-29(2,3)53-24(47)31(7,8)55-38-20(17-14-56-25(35-17)36-27(49)54-30(4,5)6)22(45)34-16-13-41(23(16)46)26(48)39-57(51,52)42-28(50)40(10-9-32)21(37-42)15-11-18(43)19(44)12-33-15/h11-12,14,16,44H,10,13H2,1-8H3,(H,33,43)(H,34,45)(H,39,48)(H,35,36,49)/b38-20-/t16-/m0/s1. The van der Waals surface area contributed by atoms with Crippen molar-refractivity contribution in [3.8, 4) is 23.3 Å². The number of ether oxygens (including phenoxy) is 2. The molecule has 0 unspecified atom stereocenters. The van der Waals surface area contributed by atoms with Crippen molar-refractivity contribution in [2.75, 3.05) is 11.9 Å². The highest BCUT2D eigenvalue weighted by atomic mass is 32.2. The number of anilines is 1. The number of pyridine rings is 1. The van der Waals surface area contributed by atoms with E-state index in [1.165, 1.54) is 23.9 Å². The maximum atomic E-state index is 13.5. The molecule has 26 heteroatoms. The molecule has 0 saturated carbocycles. The third-order valence-electron chi connectivity index (χ3n) is 6.95. The van der Waals surface area contributed by atoms with Crippen LogP contribution in [0, 0.1) is 11.3 Å². The minimum atomic E-state index is -5.21. The SMILES string of the molecule is CC(C)(C)OC(=O)Nc1nc(/C(=N/OC(C)(C)C(=O)OC(C)(C)C)C(=O)N[C@H]2CN(C(=O)NS(=O)(=O)n3nc(-c4cc(=O)c(O)c[nH]4)n(CC#N)c3=O)C2=O)cs1. The van der Waals surface area contributed by atoms with Gasteiger partial charge >= 0.3 is 34.0 Å². The summed E-state index contributed by atoms with van der Waals surface area (Å²) in [6, 6.07) is -0.584. The Hall–Kier alpha value is -6.62. The Morgan fingerprint density at radius 2 is 1.74 bits per heavy atom. The van der Waals surface area contributed by atoms with Crippen LogP contribution in [0.5, 0.6) is 5.75 Å². The topological polar surface area (TPSA) is 328 Å². The van der Waals surface area contributed by atoms with Crippen LogP contribution in [-0.4, -0.2) is 107 Å². The molecular formula is C31H37N11O13S2. The van der Waals surface area contributed by atoms with E-state index < -0.39 is 104 Å². The van der Waals surface area contributed by atoms with E-state index in [0.29, 0.717) is 9.47 Å². The number of carbonyl (C=O) groups excluding carboxylic acids is 5. The molecule has 0 radical (unpaired) electrons. The molecule has 5 N–H and O–H groups in total. The number of β-lactam (4-membered cyclic amide) rings is 1. The molecule has 1 aliphatic heterocycles. The fourth-order valence-electron chi connectivity index (χ4n) is 4.32. The van der Waals surface area contributed by atoms with Crippen LogP contribution in [0.15, 0.2) is 32.4 Å². The normalized spacial score (nSPS) is 14.9. The van der Waals surface area contributed by atoms with Gasteiger partial charge in [-0.1, -0.05) is 9.24 Å². The molecule has 24 nitrogen and oxygen atoms in total. The number of urea groups is 1. The molecule has 4 rings (SSSR count). The first kappa shape index (κ1) is 43.1. The Morgan fingerprint density at radius 3 is 2.32 bits per heavy atom. The number of esters is 1. The first-order valence-corrected chi connectivity index (χ1v) is 18.7. The molecule has 5 amide bonds. The molecule has 1 atom stereocenters. The van der Waals surface area contributed by atoms with Crippen molar-refractivity contribution in [2.45, 2.75) is 84.8 Å². The van der Waals surface area contributed by atoms with Crippen molar-refractivity contribution in [2.24, 2.45) is 5.16 Å². The smallest absolute Gasteiger partial charge is 0.413 e. The average Bonchev–Trinajstić information content (AvgIpc) is 3.66. The summed E-state index contributed by atoms with van der Waals surface area (Å²) in [5, 5.41) is 32.1. The number of hydrogen-bond acceptors (Lipinski definition) is 18. The van der Waals surface area contributed by atoms with Crippen molar-refractivity contribution in [3.63, 3.8) is 0 Å². The van der Waals surface area contributed by atoms with Gasteiger partial charge in [-0.25, -0.2) is 28.9 Å². The van der Waals surface area contributed by atoms with Crippen LogP contribution in [0.1, 0.15) is 61.1 Å². The molecule has 3 aromatic heterocycles. The minimum absolute atomic E-state index is 0.0324. The van der Waals surface area contributed by atoms with Crippen LogP contribution in [0.2, 0.25) is 0 Å². The van der Waals surface area contributed by atoms with Crippen molar-refractivity contribution in [1.82, 2.24) is 38.7 Å². The van der Waals surface area contributed by atoms with Crippen LogP contribution >= 0.6 is 11.3 Å². The van der Waals surface area contributed by atoms with Gasteiger partial charge in [-0.2, -0.15) is 13.7 Å². The van der Waals surface area contributed by atoms with E-state index in [0.717, 1.165) is 23.6 Å². The Balaban J connectivity index is 1.53. The lowest BCUT2D eigenvalue weighted by Gasteiger charge is -2.36. The first-order chi connectivity index (χ1) is 26.2. The Bertz CT molecular complexity index is 2430. The third-order valence-corrected chi connectivity index (χ3v) is 8.83. The second-order valence-corrected chi connectivity index (χ2v) is 16.7. The van der Waals surface area contributed by atoms with Crippen molar-refractivity contribution >= 4 is 62.3 Å². The fourth-order valence-corrected chi connectivity index (χ4v) is 5.91. The van der Waals surface area contributed by atoms with E-state index >= 15 is 0 Å². The number of nitrogens with one attached hydrogen (secondary N) is 4. The molecule has 306 valence electrons. The van der Waals surface area contributed by atoms with Gasteiger partial charge in [-0.05, 0) is 55.4 Å². The van der Waals surface area contributed by atoms with Gasteiger partial charge in [0.1, 0.15) is 29.5 Å². The van der Waals surface area contributed by atoms with Gasteiger partial charge in [0.05, 0.1) is 18.3 Å².